The highest BCUT2D eigenvalue weighted by atomic mass is 16.6. The van der Waals surface area contributed by atoms with Crippen molar-refractivity contribution in [2.75, 3.05) is 0 Å². The average molecular weight is 206 g/mol. The van der Waals surface area contributed by atoms with Gasteiger partial charge in [-0.1, -0.05) is 18.2 Å². The number of nitro groups is 1. The predicted molar refractivity (Wildman–Crippen MR) is 55.2 cm³/mol. The van der Waals surface area contributed by atoms with E-state index in [1.165, 1.54) is 6.92 Å². The molecular weight excluding hydrogens is 196 g/mol. The van der Waals surface area contributed by atoms with Gasteiger partial charge in [-0.15, -0.1) is 0 Å². The Bertz CT molecular complexity index is 424. The van der Waals surface area contributed by atoms with Gasteiger partial charge in [0.25, 0.3) is 11.6 Å². The minimum Gasteiger partial charge on any atom is -0.366 e. The number of nitrogens with two attached hydrogens (primary N) is 1. The van der Waals surface area contributed by atoms with Gasteiger partial charge in [-0.2, -0.15) is 0 Å². The highest BCUT2D eigenvalue weighted by Gasteiger charge is 2.20. The van der Waals surface area contributed by atoms with E-state index in [0.717, 1.165) is 0 Å². The van der Waals surface area contributed by atoms with Crippen molar-refractivity contribution in [2.24, 2.45) is 5.73 Å². The Hall–Kier alpha value is -2.17. The molecule has 0 radical (unpaired) electrons. The highest BCUT2D eigenvalue weighted by molar-refractivity contribution is 5.97. The molecule has 1 amide bonds. The predicted octanol–water partition coefficient (Wildman–Crippen LogP) is 1.18. The lowest BCUT2D eigenvalue weighted by atomic mass is 10.1. The van der Waals surface area contributed by atoms with Gasteiger partial charge in [0.2, 0.25) is 0 Å². The topological polar surface area (TPSA) is 86.2 Å². The monoisotopic (exact) mass is 206 g/mol. The van der Waals surface area contributed by atoms with Gasteiger partial charge in [0.1, 0.15) is 0 Å². The summed E-state index contributed by atoms with van der Waals surface area (Å²) in [6, 6.07) is 8.18. The summed E-state index contributed by atoms with van der Waals surface area (Å²) in [4.78, 5) is 21.1. The lowest BCUT2D eigenvalue weighted by molar-refractivity contribution is -0.376. The van der Waals surface area contributed by atoms with E-state index in [1.54, 1.807) is 30.3 Å². The Labute approximate surface area is 86.4 Å². The minimum atomic E-state index is -0.787. The fourth-order valence-corrected chi connectivity index (χ4v) is 1.17. The first kappa shape index (κ1) is 10.9. The van der Waals surface area contributed by atoms with Gasteiger partial charge in [-0.05, 0) is 19.1 Å². The van der Waals surface area contributed by atoms with Crippen molar-refractivity contribution in [3.05, 3.63) is 51.6 Å². The number of primary amides is 1. The molecule has 78 valence electrons. The third-order valence-electron chi connectivity index (χ3n) is 1.95. The Morgan fingerprint density at radius 3 is 2.27 bits per heavy atom. The number of amides is 1. The normalized spacial score (nSPS) is 11.8. The molecule has 0 heterocycles. The molecule has 15 heavy (non-hydrogen) atoms. The summed E-state index contributed by atoms with van der Waals surface area (Å²) in [7, 11) is 0. The number of benzene rings is 1. The van der Waals surface area contributed by atoms with Gasteiger partial charge in [0.05, 0.1) is 16.1 Å². The van der Waals surface area contributed by atoms with E-state index < -0.39 is 10.8 Å². The van der Waals surface area contributed by atoms with Crippen molar-refractivity contribution < 1.29 is 9.72 Å². The summed E-state index contributed by atoms with van der Waals surface area (Å²) in [5.74, 6) is -0.787. The molecule has 0 aliphatic carbocycles. The number of carbonyl (C=O) groups is 1. The van der Waals surface area contributed by atoms with Crippen LogP contribution in [-0.2, 0) is 4.79 Å². The van der Waals surface area contributed by atoms with E-state index in [-0.39, 0.29) is 11.3 Å². The van der Waals surface area contributed by atoms with Crippen LogP contribution in [0, 0.1) is 10.1 Å². The van der Waals surface area contributed by atoms with Crippen molar-refractivity contribution in [3.8, 4) is 0 Å². The third-order valence-corrected chi connectivity index (χ3v) is 1.95. The highest BCUT2D eigenvalue weighted by Crippen LogP contribution is 2.18. The van der Waals surface area contributed by atoms with Crippen LogP contribution < -0.4 is 5.73 Å². The zero-order valence-electron chi connectivity index (χ0n) is 8.14. The molecule has 0 aliphatic heterocycles. The lowest BCUT2D eigenvalue weighted by Gasteiger charge is -2.01. The summed E-state index contributed by atoms with van der Waals surface area (Å²) in [6.07, 6.45) is 0. The molecule has 0 fully saturated rings. The SMILES string of the molecule is CC(C(N)=O)=C(c1ccccc1)[N+](=O)[O-]. The van der Waals surface area contributed by atoms with E-state index in [4.69, 9.17) is 5.73 Å². The van der Waals surface area contributed by atoms with Crippen LogP contribution >= 0.6 is 0 Å². The van der Waals surface area contributed by atoms with Crippen molar-refractivity contribution in [1.29, 1.82) is 0 Å². The third kappa shape index (κ3) is 2.40. The maximum absolute atomic E-state index is 10.9. The van der Waals surface area contributed by atoms with E-state index in [1.807, 2.05) is 0 Å². The van der Waals surface area contributed by atoms with E-state index in [9.17, 15) is 14.9 Å². The Morgan fingerprint density at radius 1 is 1.33 bits per heavy atom. The van der Waals surface area contributed by atoms with Gasteiger partial charge >= 0.3 is 0 Å². The molecule has 1 aromatic rings. The maximum atomic E-state index is 10.9. The summed E-state index contributed by atoms with van der Waals surface area (Å²) in [5, 5.41) is 10.8. The zero-order chi connectivity index (χ0) is 11.4. The van der Waals surface area contributed by atoms with Gasteiger partial charge < -0.3 is 5.73 Å². The standard InChI is InChI=1S/C10H10N2O3/c1-7(10(11)13)9(12(14)15)8-5-3-2-4-6-8/h2-6H,1H3,(H2,11,13). The fourth-order valence-electron chi connectivity index (χ4n) is 1.17. The summed E-state index contributed by atoms with van der Waals surface area (Å²) in [6.45, 7) is 1.34. The second-order valence-corrected chi connectivity index (χ2v) is 2.96. The van der Waals surface area contributed by atoms with Crippen LogP contribution in [0.1, 0.15) is 12.5 Å². The van der Waals surface area contributed by atoms with Crippen molar-refractivity contribution in [1.82, 2.24) is 0 Å². The van der Waals surface area contributed by atoms with Crippen molar-refractivity contribution >= 4 is 11.6 Å². The van der Waals surface area contributed by atoms with Crippen molar-refractivity contribution in [3.63, 3.8) is 0 Å². The van der Waals surface area contributed by atoms with Crippen LogP contribution in [0.5, 0.6) is 0 Å². The molecule has 0 spiro atoms. The van der Waals surface area contributed by atoms with Crippen LogP contribution in [0.3, 0.4) is 0 Å². The second kappa shape index (κ2) is 4.36. The summed E-state index contributed by atoms with van der Waals surface area (Å²) in [5.41, 5.74) is 5.09. The van der Waals surface area contributed by atoms with Crippen LogP contribution in [0.4, 0.5) is 0 Å². The molecule has 0 aromatic heterocycles. The van der Waals surface area contributed by atoms with Crippen LogP contribution in [-0.4, -0.2) is 10.8 Å². The fraction of sp³-hybridized carbons (Fsp3) is 0.100. The average Bonchev–Trinajstić information content (AvgIpc) is 2.18. The van der Waals surface area contributed by atoms with Crippen LogP contribution in [0.25, 0.3) is 5.70 Å². The molecule has 0 atom stereocenters. The Balaban J connectivity index is 3.34. The van der Waals surface area contributed by atoms with E-state index >= 15 is 0 Å². The number of nitrogens with zero attached hydrogens (tertiary/aromatic N) is 1. The molecule has 5 heteroatoms. The molecule has 1 rings (SSSR count). The quantitative estimate of drug-likeness (QED) is 0.457. The van der Waals surface area contributed by atoms with Crippen LogP contribution in [0.15, 0.2) is 35.9 Å². The number of hydrogen-bond donors (Lipinski definition) is 1. The maximum Gasteiger partial charge on any atom is 0.284 e. The molecule has 2 N–H and O–H groups in total. The summed E-state index contributed by atoms with van der Waals surface area (Å²) < 4.78 is 0. The second-order valence-electron chi connectivity index (χ2n) is 2.96. The Kier molecular flexibility index (Phi) is 3.17. The van der Waals surface area contributed by atoms with E-state index in [0.29, 0.717) is 5.56 Å². The van der Waals surface area contributed by atoms with Crippen LogP contribution in [0.2, 0.25) is 0 Å². The smallest absolute Gasteiger partial charge is 0.284 e. The van der Waals surface area contributed by atoms with Gasteiger partial charge in [0.15, 0.2) is 0 Å². The lowest BCUT2D eigenvalue weighted by Crippen LogP contribution is -2.16. The molecule has 0 saturated carbocycles. The largest absolute Gasteiger partial charge is 0.366 e. The molecule has 5 nitrogen and oxygen atoms in total. The molecule has 0 unspecified atom stereocenters. The van der Waals surface area contributed by atoms with Gasteiger partial charge in [0, 0.05) is 0 Å². The molecular formula is C10H10N2O3. The Morgan fingerprint density at radius 2 is 1.87 bits per heavy atom. The molecule has 0 aliphatic rings. The first-order valence-corrected chi connectivity index (χ1v) is 4.24. The van der Waals surface area contributed by atoms with Crippen molar-refractivity contribution in [2.45, 2.75) is 6.92 Å². The number of hydrogen-bond acceptors (Lipinski definition) is 3. The van der Waals surface area contributed by atoms with Gasteiger partial charge in [-0.25, -0.2) is 0 Å². The molecule has 0 saturated heterocycles. The van der Waals surface area contributed by atoms with Gasteiger partial charge in [-0.3, -0.25) is 14.9 Å². The minimum absolute atomic E-state index is 0.0498. The zero-order valence-corrected chi connectivity index (χ0v) is 8.14. The number of carbonyl (C=O) groups excluding carboxylic acids is 1. The first-order valence-electron chi connectivity index (χ1n) is 4.24. The number of rotatable bonds is 3. The summed E-state index contributed by atoms with van der Waals surface area (Å²) >= 11 is 0. The van der Waals surface area contributed by atoms with E-state index in [2.05, 4.69) is 0 Å². The first-order chi connectivity index (χ1) is 7.04. The molecule has 1 aromatic carbocycles. The molecule has 0 bridgehead atoms.